The highest BCUT2D eigenvalue weighted by molar-refractivity contribution is 7.87. The summed E-state index contributed by atoms with van der Waals surface area (Å²) >= 11 is 0. The number of carbonyl (C=O) groups is 1. The molecule has 0 saturated carbocycles. The molecule has 1 rings (SSSR count). The zero-order valence-electron chi connectivity index (χ0n) is 12.8. The van der Waals surface area contributed by atoms with Crippen molar-refractivity contribution in [3.63, 3.8) is 0 Å². The van der Waals surface area contributed by atoms with Gasteiger partial charge in [-0.2, -0.15) is 17.0 Å². The van der Waals surface area contributed by atoms with Crippen molar-refractivity contribution < 1.29 is 17.9 Å². The fourth-order valence-electron chi connectivity index (χ4n) is 1.95. The summed E-state index contributed by atoms with van der Waals surface area (Å²) in [6, 6.07) is -0.411. The van der Waals surface area contributed by atoms with E-state index in [2.05, 4.69) is 5.32 Å². The summed E-state index contributed by atoms with van der Waals surface area (Å²) in [4.78, 5) is 12.3. The zero-order valence-corrected chi connectivity index (χ0v) is 13.7. The van der Waals surface area contributed by atoms with Gasteiger partial charge in [-0.05, 0) is 40.2 Å². The van der Waals surface area contributed by atoms with Crippen molar-refractivity contribution in [1.29, 1.82) is 0 Å². The minimum atomic E-state index is -3.86. The highest BCUT2D eigenvalue weighted by Gasteiger charge is 2.39. The molecule has 1 heterocycles. The van der Waals surface area contributed by atoms with E-state index in [1.807, 2.05) is 0 Å². The second-order valence-electron chi connectivity index (χ2n) is 6.07. The number of ether oxygens (including phenoxy) is 1. The lowest BCUT2D eigenvalue weighted by molar-refractivity contribution is 0.0314. The van der Waals surface area contributed by atoms with Gasteiger partial charge in [-0.15, -0.1) is 0 Å². The first-order valence-corrected chi connectivity index (χ1v) is 8.11. The van der Waals surface area contributed by atoms with E-state index in [9.17, 15) is 13.2 Å². The Morgan fingerprint density at radius 2 is 1.90 bits per heavy atom. The summed E-state index contributed by atoms with van der Waals surface area (Å²) in [5.74, 6) is 0. The lowest BCUT2D eigenvalue weighted by atomic mass is 10.1. The molecule has 8 heteroatoms. The van der Waals surface area contributed by atoms with Crippen LogP contribution < -0.4 is 5.32 Å². The first kappa shape index (κ1) is 17.2. The lowest BCUT2D eigenvalue weighted by Gasteiger charge is -2.36. The average molecular weight is 307 g/mol. The maximum Gasteiger partial charge on any atom is 0.425 e. The highest BCUT2D eigenvalue weighted by atomic mass is 32.2. The van der Waals surface area contributed by atoms with Crippen molar-refractivity contribution >= 4 is 16.3 Å². The monoisotopic (exact) mass is 307 g/mol. The third kappa shape index (κ3) is 4.32. The normalized spacial score (nSPS) is 20.8. The summed E-state index contributed by atoms with van der Waals surface area (Å²) in [5.41, 5.74) is -0.737. The highest BCUT2D eigenvalue weighted by Crippen LogP contribution is 2.20. The second kappa shape index (κ2) is 6.28. The standard InChI is InChI=1S/C12H25N3O4S/c1-12(2,3)19-11(16)15(20(17,18)14(4)5)10-7-6-8-13-9-10/h10,13H,6-9H2,1-5H3/t10-/m0/s1. The molecule has 0 aromatic rings. The Kier molecular flexibility index (Phi) is 5.39. The summed E-state index contributed by atoms with van der Waals surface area (Å²) in [6.07, 6.45) is 0.645. The molecule has 0 bridgehead atoms. The molecule has 1 atom stereocenters. The van der Waals surface area contributed by atoms with Crippen molar-refractivity contribution in [2.24, 2.45) is 0 Å². The molecule has 0 aliphatic carbocycles. The average Bonchev–Trinajstić information content (AvgIpc) is 2.27. The molecule has 0 unspecified atom stereocenters. The van der Waals surface area contributed by atoms with E-state index in [4.69, 9.17) is 4.74 Å². The predicted octanol–water partition coefficient (Wildman–Crippen LogP) is 0.782. The first-order valence-electron chi connectivity index (χ1n) is 6.71. The van der Waals surface area contributed by atoms with Crippen LogP contribution in [0, 0.1) is 0 Å². The number of nitrogens with zero attached hydrogens (tertiary/aromatic N) is 2. The smallest absolute Gasteiger partial charge is 0.425 e. The van der Waals surface area contributed by atoms with Gasteiger partial charge in [0.15, 0.2) is 0 Å². The van der Waals surface area contributed by atoms with E-state index in [0.29, 0.717) is 13.0 Å². The van der Waals surface area contributed by atoms with Gasteiger partial charge >= 0.3 is 16.3 Å². The SMILES string of the molecule is CN(C)S(=O)(=O)N(C(=O)OC(C)(C)C)[C@H]1CCCNC1. The van der Waals surface area contributed by atoms with Gasteiger partial charge in [-0.3, -0.25) is 0 Å². The molecule has 20 heavy (non-hydrogen) atoms. The molecule has 1 amide bonds. The molecule has 1 saturated heterocycles. The van der Waals surface area contributed by atoms with Gasteiger partial charge in [0.2, 0.25) is 0 Å². The number of hydrogen-bond acceptors (Lipinski definition) is 5. The predicted molar refractivity (Wildman–Crippen MR) is 76.6 cm³/mol. The van der Waals surface area contributed by atoms with E-state index < -0.39 is 27.9 Å². The van der Waals surface area contributed by atoms with Crippen LogP contribution in [-0.4, -0.2) is 61.9 Å². The minimum Gasteiger partial charge on any atom is -0.443 e. The van der Waals surface area contributed by atoms with Gasteiger partial charge in [-0.1, -0.05) is 0 Å². The number of piperidine rings is 1. The van der Waals surface area contributed by atoms with Crippen molar-refractivity contribution in [3.8, 4) is 0 Å². The van der Waals surface area contributed by atoms with Crippen LogP contribution in [0.15, 0.2) is 0 Å². The number of hydrogen-bond donors (Lipinski definition) is 1. The Labute approximate surface area is 121 Å². The third-order valence-corrected chi connectivity index (χ3v) is 4.75. The van der Waals surface area contributed by atoms with Crippen LogP contribution in [0.5, 0.6) is 0 Å². The molecule has 1 N–H and O–H groups in total. The lowest BCUT2D eigenvalue weighted by Crippen LogP contribution is -2.55. The largest absolute Gasteiger partial charge is 0.443 e. The van der Waals surface area contributed by atoms with E-state index in [0.717, 1.165) is 21.6 Å². The Hall–Kier alpha value is -0.860. The van der Waals surface area contributed by atoms with Crippen molar-refractivity contribution in [2.45, 2.75) is 45.3 Å². The summed E-state index contributed by atoms with van der Waals surface area (Å²) in [7, 11) is -1.05. The molecule has 0 aromatic heterocycles. The number of carbonyl (C=O) groups excluding carboxylic acids is 1. The quantitative estimate of drug-likeness (QED) is 0.833. The fraction of sp³-hybridized carbons (Fsp3) is 0.917. The summed E-state index contributed by atoms with van der Waals surface area (Å²) < 4.78 is 31.9. The Morgan fingerprint density at radius 3 is 2.30 bits per heavy atom. The molecule has 0 aromatic carbocycles. The Balaban J connectivity index is 3.04. The number of nitrogens with one attached hydrogen (secondary N) is 1. The van der Waals surface area contributed by atoms with Crippen LogP contribution in [0.25, 0.3) is 0 Å². The fourth-order valence-corrected chi connectivity index (χ4v) is 3.08. The molecule has 1 fully saturated rings. The topological polar surface area (TPSA) is 79.0 Å². The molecule has 7 nitrogen and oxygen atoms in total. The molecular formula is C12H25N3O4S. The molecule has 0 radical (unpaired) electrons. The summed E-state index contributed by atoms with van der Waals surface area (Å²) in [6.45, 7) is 6.42. The van der Waals surface area contributed by atoms with Crippen LogP contribution in [0.1, 0.15) is 33.6 Å². The van der Waals surface area contributed by atoms with Crippen molar-refractivity contribution in [1.82, 2.24) is 13.9 Å². The Bertz CT molecular complexity index is 436. The van der Waals surface area contributed by atoms with E-state index in [1.165, 1.54) is 14.1 Å². The van der Waals surface area contributed by atoms with Crippen LogP contribution in [-0.2, 0) is 14.9 Å². The van der Waals surface area contributed by atoms with Crippen molar-refractivity contribution in [3.05, 3.63) is 0 Å². The number of amides is 1. The first-order chi connectivity index (χ1) is 9.05. The van der Waals surface area contributed by atoms with Gasteiger partial charge < -0.3 is 10.1 Å². The molecular weight excluding hydrogens is 282 g/mol. The molecule has 1 aliphatic heterocycles. The van der Waals surface area contributed by atoms with Gasteiger partial charge in [0.05, 0.1) is 6.04 Å². The van der Waals surface area contributed by atoms with Crippen LogP contribution in [0.4, 0.5) is 4.79 Å². The van der Waals surface area contributed by atoms with Crippen molar-refractivity contribution in [2.75, 3.05) is 27.2 Å². The summed E-state index contributed by atoms with van der Waals surface area (Å²) in [5, 5.41) is 3.11. The van der Waals surface area contributed by atoms with Crippen LogP contribution in [0.2, 0.25) is 0 Å². The second-order valence-corrected chi connectivity index (χ2v) is 8.09. The molecule has 1 aliphatic rings. The maximum atomic E-state index is 12.4. The molecule has 118 valence electrons. The van der Waals surface area contributed by atoms with Gasteiger partial charge in [-0.25, -0.2) is 4.79 Å². The van der Waals surface area contributed by atoms with Crippen LogP contribution >= 0.6 is 0 Å². The molecule has 0 spiro atoms. The number of rotatable bonds is 3. The van der Waals surface area contributed by atoms with E-state index in [1.54, 1.807) is 20.8 Å². The minimum absolute atomic E-state index is 0.411. The van der Waals surface area contributed by atoms with Gasteiger partial charge in [0, 0.05) is 20.6 Å². The van der Waals surface area contributed by atoms with Gasteiger partial charge in [0.25, 0.3) is 0 Å². The zero-order chi connectivity index (χ0) is 15.6. The third-order valence-electron chi connectivity index (χ3n) is 2.89. The van der Waals surface area contributed by atoms with Crippen LogP contribution in [0.3, 0.4) is 0 Å². The van der Waals surface area contributed by atoms with E-state index in [-0.39, 0.29) is 0 Å². The van der Waals surface area contributed by atoms with E-state index >= 15 is 0 Å². The Morgan fingerprint density at radius 1 is 1.30 bits per heavy atom. The maximum absolute atomic E-state index is 12.4. The van der Waals surface area contributed by atoms with Gasteiger partial charge in [0.1, 0.15) is 5.60 Å².